The second-order valence-electron chi connectivity index (χ2n) is 4.37. The highest BCUT2D eigenvalue weighted by Crippen LogP contribution is 2.15. The van der Waals surface area contributed by atoms with Gasteiger partial charge in [-0.25, -0.2) is 9.48 Å². The van der Waals surface area contributed by atoms with Crippen molar-refractivity contribution in [3.63, 3.8) is 0 Å². The Balaban J connectivity index is 1.71. The van der Waals surface area contributed by atoms with E-state index < -0.39 is 0 Å². The third kappa shape index (κ3) is 2.60. The lowest BCUT2D eigenvalue weighted by Gasteiger charge is -2.05. The second kappa shape index (κ2) is 5.50. The number of anilines is 1. The van der Waals surface area contributed by atoms with Crippen molar-refractivity contribution in [3.05, 3.63) is 63.6 Å². The van der Waals surface area contributed by atoms with E-state index in [1.54, 1.807) is 10.6 Å². The fourth-order valence-electron chi connectivity index (χ4n) is 2.02. The minimum atomic E-state index is -0.114. The molecule has 0 bridgehead atoms. The maximum atomic E-state index is 12.1. The van der Waals surface area contributed by atoms with Crippen LogP contribution >= 0.6 is 15.9 Å². The lowest BCUT2D eigenvalue weighted by atomic mass is 10.3. The number of halogens is 1. The third-order valence-corrected chi connectivity index (χ3v) is 3.46. The maximum absolute atomic E-state index is 12.1. The number of benzene rings is 1. The van der Waals surface area contributed by atoms with Gasteiger partial charge in [0.1, 0.15) is 0 Å². The number of nitrogens with one attached hydrogen (secondary N) is 1. The number of hydrogen-bond acceptors (Lipinski definition) is 3. The highest BCUT2D eigenvalue weighted by atomic mass is 79.9. The Kier molecular flexibility index (Phi) is 3.56. The van der Waals surface area contributed by atoms with Crippen molar-refractivity contribution in [2.75, 3.05) is 11.9 Å². The van der Waals surface area contributed by atoms with Gasteiger partial charge >= 0.3 is 5.69 Å². The lowest BCUT2D eigenvalue weighted by molar-refractivity contribution is 0.614. The normalized spacial score (nSPS) is 10.8. The average molecular weight is 333 g/mol. The summed E-state index contributed by atoms with van der Waals surface area (Å²) in [5.41, 5.74) is 1.56. The van der Waals surface area contributed by atoms with E-state index in [-0.39, 0.29) is 5.69 Å². The standard InChI is InChI=1S/C14H13BrN4O/c15-11-4-3-5-12(10-11)16-7-9-19-14(20)18-8-2-1-6-13(18)17-19/h1-6,8,10,16H,7,9H2. The predicted molar refractivity (Wildman–Crippen MR) is 82.1 cm³/mol. The lowest BCUT2D eigenvalue weighted by Crippen LogP contribution is -2.24. The van der Waals surface area contributed by atoms with Gasteiger partial charge in [-0.05, 0) is 30.3 Å². The highest BCUT2D eigenvalue weighted by molar-refractivity contribution is 9.10. The van der Waals surface area contributed by atoms with Crippen LogP contribution < -0.4 is 11.0 Å². The molecule has 0 aliphatic rings. The average Bonchev–Trinajstić information content (AvgIpc) is 2.76. The van der Waals surface area contributed by atoms with Gasteiger partial charge < -0.3 is 5.32 Å². The van der Waals surface area contributed by atoms with Crippen LogP contribution in [-0.2, 0) is 6.54 Å². The van der Waals surface area contributed by atoms with E-state index in [2.05, 4.69) is 26.3 Å². The minimum absolute atomic E-state index is 0.114. The Morgan fingerprint density at radius 3 is 2.90 bits per heavy atom. The van der Waals surface area contributed by atoms with E-state index in [1.807, 2.05) is 42.5 Å². The van der Waals surface area contributed by atoms with E-state index in [9.17, 15) is 4.79 Å². The van der Waals surface area contributed by atoms with Crippen molar-refractivity contribution in [2.24, 2.45) is 0 Å². The first-order valence-corrected chi connectivity index (χ1v) is 7.07. The molecular formula is C14H13BrN4O. The van der Waals surface area contributed by atoms with Gasteiger partial charge in [-0.2, -0.15) is 0 Å². The molecule has 0 unspecified atom stereocenters. The van der Waals surface area contributed by atoms with Gasteiger partial charge in [0.15, 0.2) is 5.65 Å². The summed E-state index contributed by atoms with van der Waals surface area (Å²) in [4.78, 5) is 12.1. The van der Waals surface area contributed by atoms with Crippen molar-refractivity contribution in [2.45, 2.75) is 6.54 Å². The van der Waals surface area contributed by atoms with Crippen LogP contribution in [0.15, 0.2) is 57.9 Å². The van der Waals surface area contributed by atoms with E-state index >= 15 is 0 Å². The molecular weight excluding hydrogens is 320 g/mol. The van der Waals surface area contributed by atoms with Gasteiger partial charge in [0, 0.05) is 22.9 Å². The summed E-state index contributed by atoms with van der Waals surface area (Å²) in [6.45, 7) is 1.16. The zero-order valence-corrected chi connectivity index (χ0v) is 12.2. The Hall–Kier alpha value is -2.08. The van der Waals surface area contributed by atoms with Gasteiger partial charge in [0.25, 0.3) is 0 Å². The highest BCUT2D eigenvalue weighted by Gasteiger charge is 2.04. The molecule has 1 N–H and O–H groups in total. The molecule has 1 aromatic carbocycles. The number of hydrogen-bond donors (Lipinski definition) is 1. The molecule has 6 heteroatoms. The van der Waals surface area contributed by atoms with E-state index in [1.165, 1.54) is 4.68 Å². The molecule has 3 rings (SSSR count). The van der Waals surface area contributed by atoms with Gasteiger partial charge in [0.2, 0.25) is 0 Å². The summed E-state index contributed by atoms with van der Waals surface area (Å²) in [6.07, 6.45) is 1.73. The summed E-state index contributed by atoms with van der Waals surface area (Å²) >= 11 is 3.42. The number of fused-ring (bicyclic) bond motifs is 1. The first-order valence-electron chi connectivity index (χ1n) is 6.28. The first-order chi connectivity index (χ1) is 9.74. The zero-order chi connectivity index (χ0) is 13.9. The smallest absolute Gasteiger partial charge is 0.350 e. The van der Waals surface area contributed by atoms with Crippen LogP contribution in [0, 0.1) is 0 Å². The molecule has 0 saturated carbocycles. The molecule has 0 spiro atoms. The van der Waals surface area contributed by atoms with E-state index in [0.29, 0.717) is 18.7 Å². The van der Waals surface area contributed by atoms with Crippen LogP contribution in [0.2, 0.25) is 0 Å². The fourth-order valence-corrected chi connectivity index (χ4v) is 2.42. The topological polar surface area (TPSA) is 51.3 Å². The molecule has 5 nitrogen and oxygen atoms in total. The van der Waals surface area contributed by atoms with Crippen LogP contribution in [0.1, 0.15) is 0 Å². The van der Waals surface area contributed by atoms with Gasteiger partial charge in [-0.1, -0.05) is 28.1 Å². The molecule has 0 aliphatic carbocycles. The Morgan fingerprint density at radius 1 is 1.20 bits per heavy atom. The van der Waals surface area contributed by atoms with Crippen LogP contribution in [-0.4, -0.2) is 20.7 Å². The summed E-state index contributed by atoms with van der Waals surface area (Å²) in [5, 5.41) is 7.55. The largest absolute Gasteiger partial charge is 0.383 e. The molecule has 3 aromatic rings. The number of pyridine rings is 1. The van der Waals surface area contributed by atoms with Crippen LogP contribution in [0.5, 0.6) is 0 Å². The Bertz CT molecular complexity index is 793. The van der Waals surface area contributed by atoms with Crippen molar-refractivity contribution in [1.82, 2.24) is 14.2 Å². The summed E-state index contributed by atoms with van der Waals surface area (Å²) < 4.78 is 4.03. The molecule has 0 fully saturated rings. The zero-order valence-electron chi connectivity index (χ0n) is 10.7. The summed E-state index contributed by atoms with van der Waals surface area (Å²) in [7, 11) is 0. The van der Waals surface area contributed by atoms with Gasteiger partial charge in [-0.3, -0.25) is 4.40 Å². The monoisotopic (exact) mass is 332 g/mol. The Labute approximate surface area is 124 Å². The minimum Gasteiger partial charge on any atom is -0.383 e. The number of aromatic nitrogens is 3. The molecule has 102 valence electrons. The molecule has 2 aromatic heterocycles. The second-order valence-corrected chi connectivity index (χ2v) is 5.29. The quantitative estimate of drug-likeness (QED) is 0.798. The number of nitrogens with zero attached hydrogens (tertiary/aromatic N) is 3. The Morgan fingerprint density at radius 2 is 2.10 bits per heavy atom. The maximum Gasteiger partial charge on any atom is 0.350 e. The molecule has 0 saturated heterocycles. The summed E-state index contributed by atoms with van der Waals surface area (Å²) in [6, 6.07) is 13.4. The number of rotatable bonds is 4. The van der Waals surface area contributed by atoms with Crippen molar-refractivity contribution in [1.29, 1.82) is 0 Å². The molecule has 0 amide bonds. The van der Waals surface area contributed by atoms with Crippen molar-refractivity contribution in [3.8, 4) is 0 Å². The van der Waals surface area contributed by atoms with E-state index in [0.717, 1.165) is 10.2 Å². The van der Waals surface area contributed by atoms with Crippen molar-refractivity contribution >= 4 is 27.3 Å². The van der Waals surface area contributed by atoms with Gasteiger partial charge in [0.05, 0.1) is 6.54 Å². The molecule has 0 aliphatic heterocycles. The molecule has 2 heterocycles. The first kappa shape index (κ1) is 12.9. The van der Waals surface area contributed by atoms with Crippen molar-refractivity contribution < 1.29 is 0 Å². The third-order valence-electron chi connectivity index (χ3n) is 2.97. The molecule has 20 heavy (non-hydrogen) atoms. The molecule has 0 atom stereocenters. The fraction of sp³-hybridized carbons (Fsp3) is 0.143. The van der Waals surface area contributed by atoms with E-state index in [4.69, 9.17) is 0 Å². The summed E-state index contributed by atoms with van der Waals surface area (Å²) in [5.74, 6) is 0. The van der Waals surface area contributed by atoms with Crippen LogP contribution in [0.25, 0.3) is 5.65 Å². The SMILES string of the molecule is O=c1n(CCNc2cccc(Br)c2)nc2ccccn12. The molecule has 0 radical (unpaired) electrons. The van der Waals surface area contributed by atoms with Crippen LogP contribution in [0.4, 0.5) is 5.69 Å². The predicted octanol–water partition coefficient (Wildman–Crippen LogP) is 2.37. The van der Waals surface area contributed by atoms with Crippen LogP contribution in [0.3, 0.4) is 0 Å². The van der Waals surface area contributed by atoms with Gasteiger partial charge in [-0.15, -0.1) is 5.10 Å².